The summed E-state index contributed by atoms with van der Waals surface area (Å²) >= 11 is 6.29. The van der Waals surface area contributed by atoms with Crippen molar-refractivity contribution in [2.75, 3.05) is 6.54 Å². The van der Waals surface area contributed by atoms with Gasteiger partial charge in [0.25, 0.3) is 0 Å². The number of hydrogen-bond acceptors (Lipinski definition) is 2. The van der Waals surface area contributed by atoms with Gasteiger partial charge in [0, 0.05) is 23.5 Å². The highest BCUT2D eigenvalue weighted by atomic mass is 35.5. The Morgan fingerprint density at radius 2 is 1.90 bits per heavy atom. The number of aliphatic hydroxyl groups is 1. The van der Waals surface area contributed by atoms with E-state index in [9.17, 15) is 5.11 Å². The molecular formula is C17H24ClNO. The largest absolute Gasteiger partial charge is 0.393 e. The monoisotopic (exact) mass is 293 g/mol. The SMILES string of the molecule is OC1CCCCC1C1CCCN1Cc1ccccc1Cl. The molecule has 3 rings (SSSR count). The topological polar surface area (TPSA) is 23.5 Å². The van der Waals surface area contributed by atoms with Gasteiger partial charge in [-0.2, -0.15) is 0 Å². The minimum absolute atomic E-state index is 0.0967. The molecule has 1 aliphatic heterocycles. The Morgan fingerprint density at radius 1 is 1.10 bits per heavy atom. The van der Waals surface area contributed by atoms with E-state index in [-0.39, 0.29) is 6.10 Å². The molecule has 0 spiro atoms. The van der Waals surface area contributed by atoms with Crippen LogP contribution in [-0.4, -0.2) is 28.7 Å². The smallest absolute Gasteiger partial charge is 0.0583 e. The van der Waals surface area contributed by atoms with E-state index < -0.39 is 0 Å². The van der Waals surface area contributed by atoms with Gasteiger partial charge in [-0.15, -0.1) is 0 Å². The first kappa shape index (κ1) is 14.4. The molecule has 0 bridgehead atoms. The molecule has 1 saturated heterocycles. The van der Waals surface area contributed by atoms with Gasteiger partial charge in [0.2, 0.25) is 0 Å². The molecule has 2 nitrogen and oxygen atoms in total. The normalized spacial score (nSPS) is 31.6. The summed E-state index contributed by atoms with van der Waals surface area (Å²) in [4.78, 5) is 2.54. The lowest BCUT2D eigenvalue weighted by molar-refractivity contribution is 0.0202. The van der Waals surface area contributed by atoms with E-state index in [4.69, 9.17) is 11.6 Å². The quantitative estimate of drug-likeness (QED) is 0.915. The molecule has 0 radical (unpaired) electrons. The van der Waals surface area contributed by atoms with E-state index in [1.807, 2.05) is 12.1 Å². The summed E-state index contributed by atoms with van der Waals surface area (Å²) in [5, 5.41) is 11.2. The maximum Gasteiger partial charge on any atom is 0.0583 e. The second-order valence-electron chi connectivity index (χ2n) is 6.29. The Labute approximate surface area is 126 Å². The molecule has 2 aliphatic rings. The van der Waals surface area contributed by atoms with Gasteiger partial charge in [0.15, 0.2) is 0 Å². The first-order chi connectivity index (χ1) is 9.75. The van der Waals surface area contributed by atoms with Crippen molar-refractivity contribution in [2.24, 2.45) is 5.92 Å². The Balaban J connectivity index is 1.71. The Hall–Kier alpha value is -0.570. The fourth-order valence-electron chi connectivity index (χ4n) is 3.97. The summed E-state index contributed by atoms with van der Waals surface area (Å²) in [6, 6.07) is 8.67. The zero-order valence-corrected chi connectivity index (χ0v) is 12.7. The van der Waals surface area contributed by atoms with Crippen LogP contribution in [0.1, 0.15) is 44.1 Å². The minimum Gasteiger partial charge on any atom is -0.393 e. The van der Waals surface area contributed by atoms with Gasteiger partial charge in [0.05, 0.1) is 6.10 Å². The van der Waals surface area contributed by atoms with Crippen LogP contribution in [0.15, 0.2) is 24.3 Å². The van der Waals surface area contributed by atoms with Crippen molar-refractivity contribution in [3.63, 3.8) is 0 Å². The second kappa shape index (κ2) is 6.46. The molecule has 3 atom stereocenters. The Kier molecular flexibility index (Phi) is 4.65. The predicted octanol–water partition coefficient (Wildman–Crippen LogP) is 3.86. The fourth-order valence-corrected chi connectivity index (χ4v) is 4.16. The molecule has 1 aliphatic carbocycles. The predicted molar refractivity (Wildman–Crippen MR) is 82.8 cm³/mol. The molecule has 3 heteroatoms. The fraction of sp³-hybridized carbons (Fsp3) is 0.647. The van der Waals surface area contributed by atoms with Crippen LogP contribution in [0.25, 0.3) is 0 Å². The Bertz CT molecular complexity index is 450. The zero-order valence-electron chi connectivity index (χ0n) is 12.0. The van der Waals surface area contributed by atoms with Crippen LogP contribution < -0.4 is 0 Å². The number of aliphatic hydroxyl groups excluding tert-OH is 1. The zero-order chi connectivity index (χ0) is 13.9. The van der Waals surface area contributed by atoms with Crippen molar-refractivity contribution >= 4 is 11.6 Å². The first-order valence-electron chi connectivity index (χ1n) is 7.91. The van der Waals surface area contributed by atoms with Crippen molar-refractivity contribution < 1.29 is 5.11 Å². The molecule has 20 heavy (non-hydrogen) atoms. The van der Waals surface area contributed by atoms with Crippen LogP contribution in [0.2, 0.25) is 5.02 Å². The average molecular weight is 294 g/mol. The molecule has 1 saturated carbocycles. The number of hydrogen-bond donors (Lipinski definition) is 1. The highest BCUT2D eigenvalue weighted by molar-refractivity contribution is 6.31. The first-order valence-corrected chi connectivity index (χ1v) is 8.29. The molecule has 2 fully saturated rings. The van der Waals surface area contributed by atoms with Gasteiger partial charge in [-0.05, 0) is 43.9 Å². The summed E-state index contributed by atoms with van der Waals surface area (Å²) in [6.07, 6.45) is 7.02. The highest BCUT2D eigenvalue weighted by Gasteiger charge is 2.36. The third kappa shape index (κ3) is 3.03. The van der Waals surface area contributed by atoms with E-state index in [0.717, 1.165) is 24.5 Å². The number of nitrogens with zero attached hydrogens (tertiary/aromatic N) is 1. The van der Waals surface area contributed by atoms with E-state index in [1.54, 1.807) is 0 Å². The van der Waals surface area contributed by atoms with Gasteiger partial charge >= 0.3 is 0 Å². The molecule has 0 amide bonds. The molecule has 110 valence electrons. The van der Waals surface area contributed by atoms with Gasteiger partial charge in [0.1, 0.15) is 0 Å². The standard InChI is InChI=1S/C17H24ClNO/c18-15-8-3-1-6-13(15)12-19-11-5-9-16(19)14-7-2-4-10-17(14)20/h1,3,6,8,14,16-17,20H,2,4-5,7,9-12H2. The highest BCUT2D eigenvalue weighted by Crippen LogP contribution is 2.35. The molecular weight excluding hydrogens is 270 g/mol. The maximum atomic E-state index is 10.3. The number of halogens is 1. The van der Waals surface area contributed by atoms with Crippen LogP contribution >= 0.6 is 11.6 Å². The van der Waals surface area contributed by atoms with Gasteiger partial charge in [-0.3, -0.25) is 4.90 Å². The van der Waals surface area contributed by atoms with Gasteiger partial charge in [-0.25, -0.2) is 0 Å². The third-order valence-electron chi connectivity index (χ3n) is 5.02. The molecule has 1 aromatic carbocycles. The Morgan fingerprint density at radius 3 is 2.70 bits per heavy atom. The van der Waals surface area contributed by atoms with E-state index in [1.165, 1.54) is 37.7 Å². The van der Waals surface area contributed by atoms with Crippen molar-refractivity contribution in [2.45, 2.75) is 57.2 Å². The van der Waals surface area contributed by atoms with Crippen LogP contribution in [0.4, 0.5) is 0 Å². The van der Waals surface area contributed by atoms with E-state index in [0.29, 0.717) is 12.0 Å². The number of rotatable bonds is 3. The van der Waals surface area contributed by atoms with Crippen molar-refractivity contribution in [1.29, 1.82) is 0 Å². The average Bonchev–Trinajstić information content (AvgIpc) is 2.90. The van der Waals surface area contributed by atoms with Crippen LogP contribution in [0.5, 0.6) is 0 Å². The molecule has 0 aromatic heterocycles. The lowest BCUT2D eigenvalue weighted by Gasteiger charge is -2.37. The van der Waals surface area contributed by atoms with E-state index in [2.05, 4.69) is 17.0 Å². The van der Waals surface area contributed by atoms with Crippen LogP contribution in [-0.2, 0) is 6.54 Å². The number of benzene rings is 1. The van der Waals surface area contributed by atoms with Crippen molar-refractivity contribution in [1.82, 2.24) is 4.90 Å². The summed E-state index contributed by atoms with van der Waals surface area (Å²) in [7, 11) is 0. The maximum absolute atomic E-state index is 10.3. The summed E-state index contributed by atoms with van der Waals surface area (Å²) in [6.45, 7) is 2.06. The second-order valence-corrected chi connectivity index (χ2v) is 6.69. The third-order valence-corrected chi connectivity index (χ3v) is 5.39. The molecule has 1 aromatic rings. The van der Waals surface area contributed by atoms with Crippen molar-refractivity contribution in [3.05, 3.63) is 34.9 Å². The number of likely N-dealkylation sites (tertiary alicyclic amines) is 1. The summed E-state index contributed by atoms with van der Waals surface area (Å²) in [5.41, 5.74) is 1.21. The van der Waals surface area contributed by atoms with Crippen molar-refractivity contribution in [3.8, 4) is 0 Å². The van der Waals surface area contributed by atoms with Crippen LogP contribution in [0, 0.1) is 5.92 Å². The molecule has 1 N–H and O–H groups in total. The lowest BCUT2D eigenvalue weighted by atomic mass is 9.80. The molecule has 1 heterocycles. The van der Waals surface area contributed by atoms with E-state index >= 15 is 0 Å². The minimum atomic E-state index is -0.0967. The van der Waals surface area contributed by atoms with Gasteiger partial charge in [-0.1, -0.05) is 42.6 Å². The summed E-state index contributed by atoms with van der Waals surface area (Å²) < 4.78 is 0. The van der Waals surface area contributed by atoms with Gasteiger partial charge < -0.3 is 5.11 Å². The summed E-state index contributed by atoms with van der Waals surface area (Å²) in [5.74, 6) is 0.466. The van der Waals surface area contributed by atoms with Crippen LogP contribution in [0.3, 0.4) is 0 Å². The molecule has 3 unspecified atom stereocenters. The lowest BCUT2D eigenvalue weighted by Crippen LogP contribution is -2.42.